The van der Waals surface area contributed by atoms with Gasteiger partial charge in [0.15, 0.2) is 5.82 Å². The molecule has 1 saturated heterocycles. The molecule has 0 unspecified atom stereocenters. The summed E-state index contributed by atoms with van der Waals surface area (Å²) in [5.41, 5.74) is 1.68. The molecule has 4 heterocycles. The van der Waals surface area contributed by atoms with Crippen molar-refractivity contribution >= 4 is 75.3 Å². The Balaban J connectivity index is 0.893. The number of nitrogens with one attached hydrogen (secondary N) is 4. The van der Waals surface area contributed by atoms with E-state index in [0.29, 0.717) is 16.7 Å². The summed E-state index contributed by atoms with van der Waals surface area (Å²) >= 11 is 20.3. The Labute approximate surface area is 446 Å². The van der Waals surface area contributed by atoms with Gasteiger partial charge in [0.25, 0.3) is 5.91 Å². The number of nitrogens with zero attached hydrogens (tertiary/aromatic N) is 5. The molecule has 2 aliphatic heterocycles. The highest BCUT2D eigenvalue weighted by atomic mass is 35.5. The zero-order valence-corrected chi connectivity index (χ0v) is 44.7. The summed E-state index contributed by atoms with van der Waals surface area (Å²) < 4.78 is 45.6. The smallest absolute Gasteiger partial charge is 0.251 e. The van der Waals surface area contributed by atoms with Gasteiger partial charge in [-0.1, -0.05) is 85.9 Å². The van der Waals surface area contributed by atoms with Crippen molar-refractivity contribution in [1.82, 2.24) is 30.7 Å². The number of carbonyl (C=O) groups excluding carboxylic acids is 3. The van der Waals surface area contributed by atoms with Crippen molar-refractivity contribution in [3.05, 3.63) is 155 Å². The molecule has 8 rings (SSSR count). The monoisotopic (exact) mass is 1080 g/mol. The van der Waals surface area contributed by atoms with Crippen LogP contribution in [0, 0.1) is 49.2 Å². The van der Waals surface area contributed by atoms with E-state index in [1.54, 1.807) is 11.3 Å². The van der Waals surface area contributed by atoms with E-state index >= 15 is 8.78 Å². The SMILES string of the molecule is COc1cc(C(=O)NCCOCCNC(=O)C[C@@H]2N=C(c3ccc(Cl)cc3)c3c(sc(C)c3C)-n3c(C)nnc32)ccc1NC(=O)[C@@H]1N[C@@H](CC(C)(C)C)[C@](C#N)(c2ccc(Cl)cc2F)[C@H]1c1cccc(Cl)c1F. The Morgan fingerprint density at radius 1 is 0.932 bits per heavy atom. The van der Waals surface area contributed by atoms with Crippen LogP contribution in [0.1, 0.15) is 100 Å². The highest BCUT2D eigenvalue weighted by Crippen LogP contribution is 2.53. The van der Waals surface area contributed by atoms with Crippen LogP contribution < -0.4 is 26.0 Å². The average Bonchev–Trinajstić information content (AvgIpc) is 3.96. The second-order valence-corrected chi connectivity index (χ2v) is 21.9. The highest BCUT2D eigenvalue weighted by molar-refractivity contribution is 7.15. The fourth-order valence-corrected chi connectivity index (χ4v) is 11.5. The number of hydrogen-bond acceptors (Lipinski definition) is 11. The molecule has 0 saturated carbocycles. The molecule has 1 fully saturated rings. The molecule has 0 bridgehead atoms. The molecule has 14 nitrogen and oxygen atoms in total. The van der Waals surface area contributed by atoms with Gasteiger partial charge >= 0.3 is 0 Å². The number of aliphatic imine (C=N–C) groups is 1. The molecule has 3 amide bonds. The molecular weight excluding hydrogens is 1030 g/mol. The molecule has 4 N–H and O–H groups in total. The van der Waals surface area contributed by atoms with Crippen LogP contribution >= 0.6 is 46.1 Å². The highest BCUT2D eigenvalue weighted by Gasteiger charge is 2.61. The standard InChI is InChI=1S/C54H54Cl3F2N9O5S/c1-28-29(2)74-52-44(28)47(31-11-14-33(55)15-12-31)63-40(49-67-66-30(3)68(49)52)25-43(69)61-19-21-73-22-20-62-50(70)32-13-18-39(41(23-32)72-7)64-51(71)48-45(35-9-8-10-37(57)46(35)59)54(27-60,42(65-48)26-53(4,5)6)36-17-16-34(56)24-38(36)58/h8-18,23-24,40,42,45,48,65H,19-22,25-26H2,1-7H3,(H,61,69)(H,62,70)(H,64,71)/t40-,42-,45-,48+,54-/m0/s1. The molecule has 4 aromatic carbocycles. The number of rotatable bonds is 16. The Morgan fingerprint density at radius 2 is 1.65 bits per heavy atom. The number of nitriles is 1. The molecule has 0 spiro atoms. The van der Waals surface area contributed by atoms with Crippen LogP contribution in [0.2, 0.25) is 15.1 Å². The van der Waals surface area contributed by atoms with Gasteiger partial charge in [-0.05, 0) is 92.3 Å². The van der Waals surface area contributed by atoms with Crippen LogP contribution in [0.3, 0.4) is 0 Å². The third-order valence-electron chi connectivity index (χ3n) is 13.3. The van der Waals surface area contributed by atoms with E-state index in [9.17, 15) is 19.6 Å². The first-order chi connectivity index (χ1) is 35.3. The van der Waals surface area contributed by atoms with Crippen molar-refractivity contribution in [3.63, 3.8) is 0 Å². The maximum atomic E-state index is 16.2. The molecule has 0 aliphatic carbocycles. The van der Waals surface area contributed by atoms with Gasteiger partial charge in [-0.15, -0.1) is 21.5 Å². The average molecular weight is 1090 g/mol. The Morgan fingerprint density at radius 3 is 2.34 bits per heavy atom. The number of benzene rings is 4. The first kappa shape index (κ1) is 54.0. The molecule has 386 valence electrons. The van der Waals surface area contributed by atoms with Gasteiger partial charge in [0.2, 0.25) is 11.8 Å². The maximum absolute atomic E-state index is 16.2. The van der Waals surface area contributed by atoms with Crippen LogP contribution in [0.5, 0.6) is 5.75 Å². The van der Waals surface area contributed by atoms with E-state index in [-0.39, 0.29) is 83.2 Å². The minimum absolute atomic E-state index is 0.0104. The van der Waals surface area contributed by atoms with Gasteiger partial charge in [0, 0.05) is 62.2 Å². The lowest BCUT2D eigenvalue weighted by Gasteiger charge is -2.37. The van der Waals surface area contributed by atoms with Gasteiger partial charge in [-0.25, -0.2) is 8.78 Å². The van der Waals surface area contributed by atoms with E-state index in [4.69, 9.17) is 49.3 Å². The molecule has 5 atom stereocenters. The summed E-state index contributed by atoms with van der Waals surface area (Å²) in [7, 11) is 1.37. The Bertz CT molecular complexity index is 3210. The number of ether oxygens (including phenoxy) is 2. The maximum Gasteiger partial charge on any atom is 0.251 e. The van der Waals surface area contributed by atoms with E-state index in [2.05, 4.69) is 51.4 Å². The summed E-state index contributed by atoms with van der Waals surface area (Å²) in [4.78, 5) is 47.6. The minimum atomic E-state index is -1.83. The van der Waals surface area contributed by atoms with Crippen LogP contribution in [-0.4, -0.2) is 83.7 Å². The number of aryl methyl sites for hydroxylation is 2. The number of fused-ring (bicyclic) bond motifs is 3. The first-order valence-corrected chi connectivity index (χ1v) is 25.8. The van der Waals surface area contributed by atoms with Crippen molar-refractivity contribution < 1.29 is 32.6 Å². The normalized spacial score (nSPS) is 19.1. The topological polar surface area (TPSA) is 185 Å². The number of methoxy groups -OCH3 is 1. The van der Waals surface area contributed by atoms with E-state index < -0.39 is 58.3 Å². The van der Waals surface area contributed by atoms with Crippen LogP contribution in [0.25, 0.3) is 5.00 Å². The van der Waals surface area contributed by atoms with Crippen molar-refractivity contribution in [2.24, 2.45) is 10.4 Å². The number of carbonyl (C=O) groups is 3. The van der Waals surface area contributed by atoms with Crippen LogP contribution in [0.15, 0.2) is 83.9 Å². The molecular formula is C54H54Cl3F2N9O5S. The van der Waals surface area contributed by atoms with Crippen molar-refractivity contribution in [1.29, 1.82) is 5.26 Å². The van der Waals surface area contributed by atoms with Gasteiger partial charge in [0.05, 0.1) is 55.3 Å². The third-order valence-corrected chi connectivity index (χ3v) is 15.3. The Kier molecular flexibility index (Phi) is 16.3. The summed E-state index contributed by atoms with van der Waals surface area (Å²) in [5.74, 6) is -2.92. The minimum Gasteiger partial charge on any atom is -0.495 e. The molecule has 0 radical (unpaired) electrons. The number of thiophene rings is 1. The fraction of sp³-hybridized carbons (Fsp3) is 0.352. The van der Waals surface area contributed by atoms with Crippen molar-refractivity contribution in [2.45, 2.75) is 83.8 Å². The van der Waals surface area contributed by atoms with Gasteiger partial charge in [-0.3, -0.25) is 23.9 Å². The lowest BCUT2D eigenvalue weighted by Crippen LogP contribution is -2.45. The van der Waals surface area contributed by atoms with E-state index in [0.717, 1.165) is 38.3 Å². The zero-order chi connectivity index (χ0) is 53.2. The van der Waals surface area contributed by atoms with E-state index in [1.165, 1.54) is 55.6 Å². The predicted octanol–water partition coefficient (Wildman–Crippen LogP) is 10.3. The second-order valence-electron chi connectivity index (χ2n) is 19.4. The molecule has 20 heteroatoms. The van der Waals surface area contributed by atoms with Crippen LogP contribution in [0.4, 0.5) is 14.5 Å². The number of hydrogen-bond donors (Lipinski definition) is 4. The summed E-state index contributed by atoms with van der Waals surface area (Å²) in [6.07, 6.45) is 0.295. The van der Waals surface area contributed by atoms with Crippen LogP contribution in [-0.2, 0) is 19.7 Å². The lowest BCUT2D eigenvalue weighted by atomic mass is 9.62. The molecule has 2 aromatic heterocycles. The zero-order valence-electron chi connectivity index (χ0n) is 41.6. The van der Waals surface area contributed by atoms with Gasteiger partial charge < -0.3 is 30.7 Å². The summed E-state index contributed by atoms with van der Waals surface area (Å²) in [5, 5.41) is 33.3. The summed E-state index contributed by atoms with van der Waals surface area (Å²) in [6, 6.07) is 19.7. The molecule has 6 aromatic rings. The number of anilines is 1. The first-order valence-electron chi connectivity index (χ1n) is 23.8. The number of aromatic nitrogens is 3. The quantitative estimate of drug-likeness (QED) is 0.0685. The van der Waals surface area contributed by atoms with Gasteiger partial charge in [-0.2, -0.15) is 5.26 Å². The lowest BCUT2D eigenvalue weighted by molar-refractivity contribution is -0.121. The number of amides is 3. The summed E-state index contributed by atoms with van der Waals surface area (Å²) in [6.45, 7) is 12.5. The predicted molar refractivity (Wildman–Crippen MR) is 283 cm³/mol. The van der Waals surface area contributed by atoms with E-state index in [1.807, 2.05) is 56.5 Å². The van der Waals surface area contributed by atoms with Gasteiger partial charge in [0.1, 0.15) is 39.7 Å². The molecule has 74 heavy (non-hydrogen) atoms. The largest absolute Gasteiger partial charge is 0.495 e. The second kappa shape index (κ2) is 22.3. The fourth-order valence-electron chi connectivity index (χ4n) is 9.79. The van der Waals surface area contributed by atoms with Crippen molar-refractivity contribution in [3.8, 4) is 16.8 Å². The Hall–Kier alpha value is -6.26. The molecule has 2 aliphatic rings. The number of halogens is 5. The van der Waals surface area contributed by atoms with Crippen molar-refractivity contribution in [2.75, 3.05) is 38.7 Å². The third kappa shape index (κ3) is 10.9.